The zero-order valence-corrected chi connectivity index (χ0v) is 22.8. The molecule has 0 unspecified atom stereocenters. The zero-order chi connectivity index (χ0) is 29.1. The number of halogens is 4. The van der Waals surface area contributed by atoms with E-state index in [9.17, 15) is 22.4 Å². The molecule has 212 valence electrons. The van der Waals surface area contributed by atoms with E-state index in [4.69, 9.17) is 14.2 Å². The maximum absolute atomic E-state index is 14.5. The molecule has 0 aliphatic carbocycles. The van der Waals surface area contributed by atoms with Crippen LogP contribution < -0.4 is 14.2 Å². The Morgan fingerprint density at radius 3 is 2.00 bits per heavy atom. The van der Waals surface area contributed by atoms with Crippen molar-refractivity contribution in [2.45, 2.75) is 52.9 Å². The van der Waals surface area contributed by atoms with Gasteiger partial charge in [-0.25, -0.2) is 13.6 Å². The topological polar surface area (TPSA) is 44.8 Å². The van der Waals surface area contributed by atoms with Gasteiger partial charge in [0.25, 0.3) is 0 Å². The molecule has 0 N–H and O–H groups in total. The van der Waals surface area contributed by atoms with Crippen molar-refractivity contribution in [1.82, 2.24) is 0 Å². The molecule has 0 bridgehead atoms. The average molecular weight is 557 g/mol. The summed E-state index contributed by atoms with van der Waals surface area (Å²) in [5.74, 6) is -2.23. The Labute approximate surface area is 232 Å². The Morgan fingerprint density at radius 2 is 1.40 bits per heavy atom. The van der Waals surface area contributed by atoms with Crippen LogP contribution in [0.15, 0.2) is 48.5 Å². The summed E-state index contributed by atoms with van der Waals surface area (Å²) >= 11 is 0. The summed E-state index contributed by atoms with van der Waals surface area (Å²) in [6, 6.07) is 12.3. The SMILES string of the molecule is CCCCCCOc1c(F)c(F)c(C#Cc2ccc(C(=O)Oc3ccc(OC[C@@H](C)CC)cc3)cc2)c(F)c1F. The lowest BCUT2D eigenvalue weighted by Crippen LogP contribution is -2.09. The van der Waals surface area contributed by atoms with Crippen LogP contribution >= 0.6 is 0 Å². The van der Waals surface area contributed by atoms with E-state index in [-0.39, 0.29) is 17.7 Å². The van der Waals surface area contributed by atoms with Crippen molar-refractivity contribution in [1.29, 1.82) is 0 Å². The van der Waals surface area contributed by atoms with Crippen molar-refractivity contribution in [2.75, 3.05) is 13.2 Å². The Bertz CT molecular complexity index is 1310. The predicted octanol–water partition coefficient (Wildman–Crippen LogP) is 8.25. The van der Waals surface area contributed by atoms with Crippen molar-refractivity contribution < 1.29 is 36.6 Å². The second-order valence-electron chi connectivity index (χ2n) is 9.38. The molecule has 0 aliphatic heterocycles. The molecule has 0 spiro atoms. The minimum Gasteiger partial charge on any atom is -0.493 e. The Balaban J connectivity index is 1.65. The highest BCUT2D eigenvalue weighted by molar-refractivity contribution is 5.91. The van der Waals surface area contributed by atoms with Crippen LogP contribution in [0.2, 0.25) is 0 Å². The summed E-state index contributed by atoms with van der Waals surface area (Å²) in [5, 5.41) is 0. The number of hydrogen-bond acceptors (Lipinski definition) is 4. The molecule has 40 heavy (non-hydrogen) atoms. The monoisotopic (exact) mass is 556 g/mol. The highest BCUT2D eigenvalue weighted by Crippen LogP contribution is 2.30. The quantitative estimate of drug-likeness (QED) is 0.0563. The number of hydrogen-bond donors (Lipinski definition) is 0. The minimum atomic E-state index is -1.63. The Hall–Kier alpha value is -3.99. The lowest BCUT2D eigenvalue weighted by molar-refractivity contribution is 0.0734. The Kier molecular flexibility index (Phi) is 11.4. The van der Waals surface area contributed by atoms with Crippen molar-refractivity contribution in [3.8, 4) is 29.1 Å². The first-order valence-electron chi connectivity index (χ1n) is 13.3. The molecular weight excluding hydrogens is 524 g/mol. The van der Waals surface area contributed by atoms with E-state index in [0.29, 0.717) is 30.4 Å². The maximum atomic E-state index is 14.5. The molecule has 3 aromatic rings. The lowest BCUT2D eigenvalue weighted by Gasteiger charge is -2.11. The summed E-state index contributed by atoms with van der Waals surface area (Å²) in [6.07, 6.45) is 4.14. The fourth-order valence-electron chi connectivity index (χ4n) is 3.50. The number of ether oxygens (including phenoxy) is 3. The zero-order valence-electron chi connectivity index (χ0n) is 22.8. The largest absolute Gasteiger partial charge is 0.493 e. The smallest absolute Gasteiger partial charge is 0.343 e. The van der Waals surface area contributed by atoms with Crippen molar-refractivity contribution >= 4 is 5.97 Å². The van der Waals surface area contributed by atoms with Crippen LogP contribution in [-0.4, -0.2) is 19.2 Å². The summed E-state index contributed by atoms with van der Waals surface area (Å²) in [6.45, 7) is 6.70. The minimum absolute atomic E-state index is 0.0648. The van der Waals surface area contributed by atoms with Crippen LogP contribution in [0.3, 0.4) is 0 Å². The van der Waals surface area contributed by atoms with Crippen molar-refractivity contribution in [3.63, 3.8) is 0 Å². The van der Waals surface area contributed by atoms with E-state index in [2.05, 4.69) is 25.7 Å². The van der Waals surface area contributed by atoms with Gasteiger partial charge in [-0.1, -0.05) is 58.3 Å². The molecule has 0 amide bonds. The normalized spacial score (nSPS) is 11.4. The van der Waals surface area contributed by atoms with Gasteiger partial charge in [-0.05, 0) is 60.9 Å². The van der Waals surface area contributed by atoms with Gasteiger partial charge >= 0.3 is 5.97 Å². The van der Waals surface area contributed by atoms with E-state index < -0.39 is 40.6 Å². The first kappa shape index (κ1) is 30.6. The molecule has 3 aromatic carbocycles. The van der Waals surface area contributed by atoms with Crippen LogP contribution in [0.4, 0.5) is 17.6 Å². The molecule has 0 saturated heterocycles. The Morgan fingerprint density at radius 1 is 0.775 bits per heavy atom. The third-order valence-electron chi connectivity index (χ3n) is 6.19. The molecule has 4 nitrogen and oxygen atoms in total. The molecular formula is C32H32F4O4. The fraction of sp³-hybridized carbons (Fsp3) is 0.344. The van der Waals surface area contributed by atoms with E-state index in [1.54, 1.807) is 24.3 Å². The van der Waals surface area contributed by atoms with Gasteiger partial charge in [0.1, 0.15) is 17.1 Å². The average Bonchev–Trinajstić information content (AvgIpc) is 2.97. The molecule has 3 rings (SSSR count). The molecule has 0 aliphatic rings. The lowest BCUT2D eigenvalue weighted by atomic mass is 10.1. The number of unbranched alkanes of at least 4 members (excludes halogenated alkanes) is 3. The summed E-state index contributed by atoms with van der Waals surface area (Å²) in [7, 11) is 0. The molecule has 1 atom stereocenters. The van der Waals surface area contributed by atoms with Gasteiger partial charge in [0.2, 0.25) is 11.6 Å². The van der Waals surface area contributed by atoms with Crippen molar-refractivity contribution in [3.05, 3.63) is 88.5 Å². The van der Waals surface area contributed by atoms with Gasteiger partial charge in [0.15, 0.2) is 17.4 Å². The van der Waals surface area contributed by atoms with Gasteiger partial charge in [0, 0.05) is 5.56 Å². The number of rotatable bonds is 12. The molecule has 0 aromatic heterocycles. The van der Waals surface area contributed by atoms with Gasteiger partial charge < -0.3 is 14.2 Å². The van der Waals surface area contributed by atoms with Gasteiger partial charge in [-0.3, -0.25) is 0 Å². The van der Waals surface area contributed by atoms with Crippen LogP contribution in [-0.2, 0) is 0 Å². The summed E-state index contributed by atoms with van der Waals surface area (Å²) in [4.78, 5) is 12.5. The second-order valence-corrected chi connectivity index (χ2v) is 9.38. The van der Waals surface area contributed by atoms with Gasteiger partial charge in [-0.15, -0.1) is 0 Å². The highest BCUT2D eigenvalue weighted by Gasteiger charge is 2.26. The first-order valence-corrected chi connectivity index (χ1v) is 13.3. The number of carbonyl (C=O) groups excluding carboxylic acids is 1. The first-order chi connectivity index (χ1) is 19.2. The third kappa shape index (κ3) is 8.25. The summed E-state index contributed by atoms with van der Waals surface area (Å²) in [5.41, 5.74) is -0.582. The number of benzene rings is 3. The van der Waals surface area contributed by atoms with E-state index in [0.717, 1.165) is 25.7 Å². The van der Waals surface area contributed by atoms with E-state index in [1.165, 1.54) is 24.3 Å². The van der Waals surface area contributed by atoms with Gasteiger partial charge in [-0.2, -0.15) is 8.78 Å². The second kappa shape index (κ2) is 15.0. The third-order valence-corrected chi connectivity index (χ3v) is 6.19. The summed E-state index contributed by atoms with van der Waals surface area (Å²) < 4.78 is 73.8. The van der Waals surface area contributed by atoms with Crippen molar-refractivity contribution in [2.24, 2.45) is 5.92 Å². The fourth-order valence-corrected chi connectivity index (χ4v) is 3.50. The van der Waals surface area contributed by atoms with Crippen LogP contribution in [0.25, 0.3) is 0 Å². The highest BCUT2D eigenvalue weighted by atomic mass is 19.2. The standard InChI is InChI=1S/C32H32F4O4/c1-4-6-7-8-19-38-31-29(35)27(33)26(28(34)30(31)36)18-11-22-9-12-23(13-10-22)32(37)40-25-16-14-24(15-17-25)39-20-21(3)5-2/h9-10,12-17,21H,4-8,19-20H2,1-3H3/t21-/m0/s1. The molecule has 8 heteroatoms. The van der Waals surface area contributed by atoms with Gasteiger partial charge in [0.05, 0.1) is 18.8 Å². The van der Waals surface area contributed by atoms with E-state index >= 15 is 0 Å². The maximum Gasteiger partial charge on any atom is 0.343 e. The molecule has 0 fully saturated rings. The van der Waals surface area contributed by atoms with E-state index in [1.807, 2.05) is 6.92 Å². The predicted molar refractivity (Wildman–Crippen MR) is 145 cm³/mol. The molecule has 0 saturated carbocycles. The van der Waals surface area contributed by atoms with Crippen LogP contribution in [0.1, 0.15) is 74.4 Å². The molecule has 0 radical (unpaired) electrons. The van der Waals surface area contributed by atoms with Crippen LogP contribution in [0, 0.1) is 41.0 Å². The molecule has 0 heterocycles. The number of esters is 1. The van der Waals surface area contributed by atoms with Crippen LogP contribution in [0.5, 0.6) is 17.2 Å². The number of carbonyl (C=O) groups is 1.